The molecule has 0 radical (unpaired) electrons. The Hall–Kier alpha value is -0.510. The van der Waals surface area contributed by atoms with Crippen LogP contribution >= 0.6 is 11.8 Å². The fraction of sp³-hybridized carbons (Fsp3) is 0.538. The molecule has 1 unspecified atom stereocenters. The number of hydrogen-bond acceptors (Lipinski definition) is 3. The monoisotopic (exact) mass is 239 g/mol. The topological polar surface area (TPSA) is 32.3 Å². The number of aliphatic hydroxyl groups is 1. The van der Waals surface area contributed by atoms with E-state index in [1.54, 1.807) is 0 Å². The Morgan fingerprint density at radius 2 is 2.12 bits per heavy atom. The molecule has 0 saturated carbocycles. The van der Waals surface area contributed by atoms with Crippen LogP contribution in [0.3, 0.4) is 0 Å². The molecule has 2 N–H and O–H groups in total. The van der Waals surface area contributed by atoms with Crippen molar-refractivity contribution in [2.75, 3.05) is 25.2 Å². The zero-order valence-electron chi connectivity index (χ0n) is 10.1. The van der Waals surface area contributed by atoms with Gasteiger partial charge in [-0.05, 0) is 37.3 Å². The summed E-state index contributed by atoms with van der Waals surface area (Å²) < 4.78 is 0. The minimum atomic E-state index is 0.293. The van der Waals surface area contributed by atoms with Gasteiger partial charge in [-0.3, -0.25) is 0 Å². The summed E-state index contributed by atoms with van der Waals surface area (Å²) in [6.45, 7) is 2.44. The zero-order valence-corrected chi connectivity index (χ0v) is 10.9. The lowest BCUT2D eigenvalue weighted by molar-refractivity contribution is 0.296. The van der Waals surface area contributed by atoms with E-state index in [0.717, 1.165) is 17.9 Å². The van der Waals surface area contributed by atoms with Gasteiger partial charge < -0.3 is 10.4 Å². The molecule has 1 aromatic rings. The van der Waals surface area contributed by atoms with E-state index in [-0.39, 0.29) is 0 Å². The third-order valence-corrected chi connectivity index (χ3v) is 3.79. The van der Waals surface area contributed by atoms with Crippen LogP contribution in [-0.4, -0.2) is 30.3 Å². The van der Waals surface area contributed by atoms with Gasteiger partial charge in [0.1, 0.15) is 0 Å². The quantitative estimate of drug-likeness (QED) is 0.717. The summed E-state index contributed by atoms with van der Waals surface area (Å²) in [5.41, 5.74) is 2.71. The molecule has 0 bridgehead atoms. The predicted molar refractivity (Wildman–Crippen MR) is 72.0 cm³/mol. The number of aryl methyl sites for hydroxylation is 1. The van der Waals surface area contributed by atoms with E-state index in [2.05, 4.69) is 36.5 Å². The van der Waals surface area contributed by atoms with Crippen LogP contribution in [0.5, 0.6) is 0 Å². The Morgan fingerprint density at radius 3 is 2.75 bits per heavy atom. The summed E-state index contributed by atoms with van der Waals surface area (Å²) >= 11 is 1.89. The smallest absolute Gasteiger partial charge is 0.0438 e. The van der Waals surface area contributed by atoms with Crippen LogP contribution in [0.1, 0.15) is 23.6 Å². The SMILES string of the molecule is CNC(CSCCCO)c1ccccc1C. The molecule has 0 aliphatic carbocycles. The Bertz CT molecular complexity index is 304. The predicted octanol–water partition coefficient (Wildman–Crippen LogP) is 2.37. The van der Waals surface area contributed by atoms with Gasteiger partial charge in [-0.15, -0.1) is 0 Å². The first-order valence-electron chi connectivity index (χ1n) is 5.71. The zero-order chi connectivity index (χ0) is 11.8. The number of aliphatic hydroxyl groups excluding tert-OH is 1. The summed E-state index contributed by atoms with van der Waals surface area (Å²) in [4.78, 5) is 0. The minimum Gasteiger partial charge on any atom is -0.396 e. The Kier molecular flexibility index (Phi) is 6.53. The average Bonchev–Trinajstić information content (AvgIpc) is 2.31. The maximum atomic E-state index is 8.72. The van der Waals surface area contributed by atoms with Crippen molar-refractivity contribution in [2.45, 2.75) is 19.4 Å². The van der Waals surface area contributed by atoms with E-state index in [1.165, 1.54) is 11.1 Å². The van der Waals surface area contributed by atoms with Gasteiger partial charge in [-0.1, -0.05) is 24.3 Å². The van der Waals surface area contributed by atoms with Crippen molar-refractivity contribution in [1.29, 1.82) is 0 Å². The average molecular weight is 239 g/mol. The van der Waals surface area contributed by atoms with Gasteiger partial charge in [-0.25, -0.2) is 0 Å². The lowest BCUT2D eigenvalue weighted by Gasteiger charge is -2.18. The second-order valence-electron chi connectivity index (χ2n) is 3.85. The summed E-state index contributed by atoms with van der Waals surface area (Å²) in [5, 5.41) is 12.1. The van der Waals surface area contributed by atoms with E-state index in [0.29, 0.717) is 12.6 Å². The van der Waals surface area contributed by atoms with E-state index >= 15 is 0 Å². The van der Waals surface area contributed by atoms with E-state index in [9.17, 15) is 0 Å². The molecule has 90 valence electrons. The van der Waals surface area contributed by atoms with Crippen molar-refractivity contribution in [3.63, 3.8) is 0 Å². The molecular formula is C13H21NOS. The summed E-state index contributed by atoms with van der Waals surface area (Å²) in [5.74, 6) is 2.09. The highest BCUT2D eigenvalue weighted by Gasteiger charge is 2.10. The van der Waals surface area contributed by atoms with Crippen LogP contribution in [0, 0.1) is 6.92 Å². The molecule has 0 spiro atoms. The number of hydrogen-bond donors (Lipinski definition) is 2. The van der Waals surface area contributed by atoms with Crippen LogP contribution in [0.25, 0.3) is 0 Å². The first-order valence-corrected chi connectivity index (χ1v) is 6.86. The van der Waals surface area contributed by atoms with Gasteiger partial charge in [0, 0.05) is 18.4 Å². The van der Waals surface area contributed by atoms with E-state index in [1.807, 2.05) is 18.8 Å². The van der Waals surface area contributed by atoms with Crippen molar-refractivity contribution in [3.05, 3.63) is 35.4 Å². The molecule has 1 aromatic carbocycles. The van der Waals surface area contributed by atoms with Gasteiger partial charge in [-0.2, -0.15) is 11.8 Å². The Labute approximate surface area is 102 Å². The van der Waals surface area contributed by atoms with Gasteiger partial charge in [0.2, 0.25) is 0 Å². The third-order valence-electron chi connectivity index (χ3n) is 2.64. The standard InChI is InChI=1S/C13H21NOS/c1-11-6-3-4-7-12(11)13(14-2)10-16-9-5-8-15/h3-4,6-7,13-15H,5,8-10H2,1-2H3. The first kappa shape index (κ1) is 13.6. The van der Waals surface area contributed by atoms with Gasteiger partial charge in [0.05, 0.1) is 0 Å². The molecular weight excluding hydrogens is 218 g/mol. The second kappa shape index (κ2) is 7.71. The highest BCUT2D eigenvalue weighted by atomic mass is 32.2. The molecule has 0 saturated heterocycles. The third kappa shape index (κ3) is 4.16. The maximum absolute atomic E-state index is 8.72. The summed E-state index contributed by atoms with van der Waals surface area (Å²) in [7, 11) is 2.00. The molecule has 16 heavy (non-hydrogen) atoms. The number of rotatable bonds is 7. The molecule has 1 rings (SSSR count). The van der Waals surface area contributed by atoms with Crippen molar-refractivity contribution < 1.29 is 5.11 Å². The molecule has 0 amide bonds. The first-order chi connectivity index (χ1) is 7.79. The second-order valence-corrected chi connectivity index (χ2v) is 5.00. The van der Waals surface area contributed by atoms with Crippen LogP contribution < -0.4 is 5.32 Å². The Morgan fingerprint density at radius 1 is 1.38 bits per heavy atom. The van der Waals surface area contributed by atoms with Crippen LogP contribution in [0.4, 0.5) is 0 Å². The van der Waals surface area contributed by atoms with E-state index in [4.69, 9.17) is 5.11 Å². The molecule has 0 aliphatic heterocycles. The molecule has 2 nitrogen and oxygen atoms in total. The summed E-state index contributed by atoms with van der Waals surface area (Å²) in [6, 6.07) is 8.90. The number of nitrogens with one attached hydrogen (secondary N) is 1. The van der Waals surface area contributed by atoms with Crippen molar-refractivity contribution in [1.82, 2.24) is 5.32 Å². The highest BCUT2D eigenvalue weighted by molar-refractivity contribution is 7.99. The molecule has 1 atom stereocenters. The molecule has 0 aliphatic rings. The number of thioether (sulfide) groups is 1. The fourth-order valence-corrected chi connectivity index (χ4v) is 2.76. The van der Waals surface area contributed by atoms with Gasteiger partial charge in [0.15, 0.2) is 0 Å². The van der Waals surface area contributed by atoms with Crippen LogP contribution in [-0.2, 0) is 0 Å². The van der Waals surface area contributed by atoms with Crippen molar-refractivity contribution in [3.8, 4) is 0 Å². The van der Waals surface area contributed by atoms with Gasteiger partial charge in [0.25, 0.3) is 0 Å². The molecule has 0 aromatic heterocycles. The van der Waals surface area contributed by atoms with Crippen molar-refractivity contribution in [2.24, 2.45) is 0 Å². The highest BCUT2D eigenvalue weighted by Crippen LogP contribution is 2.21. The lowest BCUT2D eigenvalue weighted by atomic mass is 10.0. The number of benzene rings is 1. The largest absolute Gasteiger partial charge is 0.396 e. The van der Waals surface area contributed by atoms with Crippen LogP contribution in [0.15, 0.2) is 24.3 Å². The van der Waals surface area contributed by atoms with Crippen molar-refractivity contribution >= 4 is 11.8 Å². The fourth-order valence-electron chi connectivity index (χ4n) is 1.67. The Balaban J connectivity index is 2.51. The van der Waals surface area contributed by atoms with E-state index < -0.39 is 0 Å². The normalized spacial score (nSPS) is 12.7. The minimum absolute atomic E-state index is 0.293. The maximum Gasteiger partial charge on any atom is 0.0438 e. The van der Waals surface area contributed by atoms with Gasteiger partial charge >= 0.3 is 0 Å². The van der Waals surface area contributed by atoms with Crippen LogP contribution in [0.2, 0.25) is 0 Å². The molecule has 3 heteroatoms. The molecule has 0 heterocycles. The summed E-state index contributed by atoms with van der Waals surface area (Å²) in [6.07, 6.45) is 0.884. The lowest BCUT2D eigenvalue weighted by Crippen LogP contribution is -2.19. The molecule has 0 fully saturated rings.